The van der Waals surface area contributed by atoms with E-state index in [-0.39, 0.29) is 0 Å². The van der Waals surface area contributed by atoms with Gasteiger partial charge in [0.05, 0.1) is 0 Å². The Morgan fingerprint density at radius 2 is 2.04 bits per heavy atom. The number of hydrogen-bond acceptors (Lipinski definition) is 5. The highest BCUT2D eigenvalue weighted by Gasteiger charge is 2.26. The molecular weight excluding hydrogens is 347 g/mol. The lowest BCUT2D eigenvalue weighted by molar-refractivity contribution is -0.120. The van der Waals surface area contributed by atoms with Gasteiger partial charge in [-0.3, -0.25) is 4.79 Å². The fourth-order valence-corrected chi connectivity index (χ4v) is 3.55. The highest BCUT2D eigenvalue weighted by molar-refractivity contribution is 8.00. The van der Waals surface area contributed by atoms with Crippen LogP contribution in [-0.4, -0.2) is 33.2 Å². The average molecular weight is 362 g/mol. The topological polar surface area (TPSA) is 51.0 Å². The summed E-state index contributed by atoms with van der Waals surface area (Å²) >= 11 is 2.30. The molecule has 1 atom stereocenters. The van der Waals surface area contributed by atoms with Crippen molar-refractivity contribution < 1.29 is 9.18 Å². The van der Waals surface area contributed by atoms with Crippen LogP contribution in [0.1, 0.15) is 0 Å². The number of thioether (sulfide) groups is 1. The first kappa shape index (κ1) is 16.7. The fourth-order valence-electron chi connectivity index (χ4n) is 2.13. The van der Waals surface area contributed by atoms with Gasteiger partial charge in [0.2, 0.25) is 5.50 Å². The van der Waals surface area contributed by atoms with Crippen molar-refractivity contribution in [2.24, 2.45) is 7.05 Å². The van der Waals surface area contributed by atoms with Crippen LogP contribution in [0.4, 0.5) is 10.1 Å². The van der Waals surface area contributed by atoms with Gasteiger partial charge in [0.25, 0.3) is 5.91 Å². The highest BCUT2D eigenvalue weighted by Crippen LogP contribution is 2.28. The van der Waals surface area contributed by atoms with Crippen molar-refractivity contribution in [1.29, 1.82) is 0 Å². The fraction of sp³-hybridized carbons (Fsp3) is 0.188. The van der Waals surface area contributed by atoms with Gasteiger partial charge in [0.1, 0.15) is 0 Å². The summed E-state index contributed by atoms with van der Waals surface area (Å²) in [5.74, 6) is 0.0149. The molecule has 0 saturated heterocycles. The number of nitrogens with zero attached hydrogens (tertiary/aromatic N) is 4. The Morgan fingerprint density at radius 3 is 2.71 bits per heavy atom. The number of carbonyl (C=O) groups excluding carboxylic acids is 1. The molecule has 8 heteroatoms. The second-order valence-electron chi connectivity index (χ2n) is 5.04. The normalized spacial score (nSPS) is 12.1. The summed E-state index contributed by atoms with van der Waals surface area (Å²) in [4.78, 5) is 13.6. The van der Waals surface area contributed by atoms with Gasteiger partial charge < -0.3 is 9.47 Å². The minimum absolute atomic E-state index is 0.360. The molecule has 0 aliphatic heterocycles. The van der Waals surface area contributed by atoms with E-state index < -0.39 is 11.4 Å². The Hall–Kier alpha value is -2.19. The third-order valence-electron chi connectivity index (χ3n) is 3.49. The Bertz CT molecular complexity index is 820. The summed E-state index contributed by atoms with van der Waals surface area (Å²) in [5, 5.41) is 12.3. The van der Waals surface area contributed by atoms with E-state index in [1.54, 1.807) is 54.3 Å². The zero-order chi connectivity index (χ0) is 17.1. The lowest BCUT2D eigenvalue weighted by Gasteiger charge is -2.18. The van der Waals surface area contributed by atoms with Crippen molar-refractivity contribution in [3.05, 3.63) is 47.2 Å². The monoisotopic (exact) mass is 362 g/mol. The Balaban J connectivity index is 1.73. The molecule has 5 nitrogen and oxygen atoms in total. The molecule has 3 rings (SSSR count). The van der Waals surface area contributed by atoms with Gasteiger partial charge in [-0.15, -0.1) is 10.2 Å². The smallest absolute Gasteiger partial charge is 0.272 e. The third kappa shape index (κ3) is 3.34. The van der Waals surface area contributed by atoms with Crippen LogP contribution in [0, 0.1) is 0 Å². The maximum Gasteiger partial charge on any atom is 0.272 e. The van der Waals surface area contributed by atoms with Gasteiger partial charge in [0.15, 0.2) is 11.0 Å². The first-order valence-electron chi connectivity index (χ1n) is 7.13. The number of carbonyl (C=O) groups is 1. The van der Waals surface area contributed by atoms with E-state index in [4.69, 9.17) is 0 Å². The van der Waals surface area contributed by atoms with Crippen LogP contribution < -0.4 is 4.90 Å². The van der Waals surface area contributed by atoms with Gasteiger partial charge in [-0.05, 0) is 35.3 Å². The molecular formula is C16H15FN4OS2. The number of hydrogen-bond donors (Lipinski definition) is 0. The number of para-hydroxylation sites is 1. The van der Waals surface area contributed by atoms with Crippen molar-refractivity contribution in [3.63, 3.8) is 0 Å². The number of amides is 1. The number of rotatable bonds is 5. The van der Waals surface area contributed by atoms with Crippen LogP contribution in [0.2, 0.25) is 0 Å². The van der Waals surface area contributed by atoms with Crippen molar-refractivity contribution in [1.82, 2.24) is 14.8 Å². The minimum atomic E-state index is -1.76. The van der Waals surface area contributed by atoms with Crippen LogP contribution in [0.3, 0.4) is 0 Å². The number of alkyl halides is 1. The average Bonchev–Trinajstić information content (AvgIpc) is 3.25. The summed E-state index contributed by atoms with van der Waals surface area (Å²) in [5.41, 5.74) is -0.193. The molecule has 0 saturated carbocycles. The maximum atomic E-state index is 14.4. The van der Waals surface area contributed by atoms with Crippen molar-refractivity contribution in [2.45, 2.75) is 10.7 Å². The Kier molecular flexibility index (Phi) is 4.96. The quantitative estimate of drug-likeness (QED) is 0.651. The number of aromatic nitrogens is 3. The molecule has 1 aromatic carbocycles. The molecule has 0 aliphatic carbocycles. The van der Waals surface area contributed by atoms with Gasteiger partial charge >= 0.3 is 0 Å². The molecule has 0 bridgehead atoms. The molecule has 1 amide bonds. The summed E-state index contributed by atoms with van der Waals surface area (Å²) in [6.07, 6.45) is 0. The third-order valence-corrected chi connectivity index (χ3v) is 5.15. The van der Waals surface area contributed by atoms with Gasteiger partial charge in [-0.1, -0.05) is 18.2 Å². The van der Waals surface area contributed by atoms with Crippen molar-refractivity contribution in [2.75, 3.05) is 11.9 Å². The van der Waals surface area contributed by atoms with Crippen LogP contribution >= 0.6 is 23.1 Å². The highest BCUT2D eigenvalue weighted by atomic mass is 32.2. The number of halogens is 1. The molecule has 3 aromatic rings. The van der Waals surface area contributed by atoms with E-state index in [1.165, 1.54) is 4.90 Å². The summed E-state index contributed by atoms with van der Waals surface area (Å²) < 4.78 is 16.1. The molecule has 0 spiro atoms. The first-order valence-corrected chi connectivity index (χ1v) is 8.95. The lowest BCUT2D eigenvalue weighted by atomic mass is 10.3. The molecule has 1 unspecified atom stereocenters. The second kappa shape index (κ2) is 7.14. The molecule has 0 fully saturated rings. The minimum Gasteiger partial charge on any atom is -0.312 e. The SMILES string of the molecule is CN(C(=O)C(F)Sc1nnc(-c2ccsc2)n1C)c1ccccc1. The van der Waals surface area contributed by atoms with Gasteiger partial charge in [-0.25, -0.2) is 4.39 Å². The van der Waals surface area contributed by atoms with Crippen LogP contribution in [0.25, 0.3) is 11.4 Å². The van der Waals surface area contributed by atoms with Gasteiger partial charge in [-0.2, -0.15) is 11.3 Å². The van der Waals surface area contributed by atoms with E-state index in [2.05, 4.69) is 10.2 Å². The number of benzene rings is 1. The predicted octanol–water partition coefficient (Wildman–Crippen LogP) is 3.59. The predicted molar refractivity (Wildman–Crippen MR) is 94.9 cm³/mol. The second-order valence-corrected chi connectivity index (χ2v) is 6.84. The zero-order valence-electron chi connectivity index (χ0n) is 13.1. The Labute approximate surface area is 147 Å². The van der Waals surface area contributed by atoms with E-state index >= 15 is 0 Å². The Morgan fingerprint density at radius 1 is 1.29 bits per heavy atom. The first-order chi connectivity index (χ1) is 11.6. The van der Waals surface area contributed by atoms with E-state index in [0.717, 1.165) is 17.3 Å². The van der Waals surface area contributed by atoms with Crippen LogP contribution in [-0.2, 0) is 11.8 Å². The van der Waals surface area contributed by atoms with Crippen LogP contribution in [0.15, 0.2) is 52.3 Å². The standard InChI is InChI=1S/C16H15FN4OS2/c1-20(12-6-4-3-5-7-12)15(22)13(17)24-16-19-18-14(21(16)2)11-8-9-23-10-11/h3-10,13H,1-2H3. The van der Waals surface area contributed by atoms with E-state index in [0.29, 0.717) is 16.7 Å². The van der Waals surface area contributed by atoms with Crippen LogP contribution in [0.5, 0.6) is 0 Å². The molecule has 0 aliphatic rings. The van der Waals surface area contributed by atoms with Gasteiger partial charge in [0, 0.05) is 30.7 Å². The summed E-state index contributed by atoms with van der Waals surface area (Å²) in [6, 6.07) is 10.9. The molecule has 2 aromatic heterocycles. The largest absolute Gasteiger partial charge is 0.312 e. The molecule has 0 N–H and O–H groups in total. The van der Waals surface area contributed by atoms with Crippen molar-refractivity contribution >= 4 is 34.7 Å². The molecule has 0 radical (unpaired) electrons. The molecule has 24 heavy (non-hydrogen) atoms. The van der Waals surface area contributed by atoms with E-state index in [9.17, 15) is 9.18 Å². The molecule has 124 valence electrons. The van der Waals surface area contributed by atoms with E-state index in [1.807, 2.05) is 22.9 Å². The number of thiophene rings is 1. The number of anilines is 1. The molecule has 2 heterocycles. The summed E-state index contributed by atoms with van der Waals surface area (Å²) in [7, 11) is 3.31. The lowest BCUT2D eigenvalue weighted by Crippen LogP contribution is -2.32. The maximum absolute atomic E-state index is 14.4. The summed E-state index contributed by atoms with van der Waals surface area (Å²) in [6.45, 7) is 0. The van der Waals surface area contributed by atoms with Crippen molar-refractivity contribution in [3.8, 4) is 11.4 Å². The zero-order valence-corrected chi connectivity index (χ0v) is 14.7.